The minimum Gasteiger partial charge on any atom is -0.455 e. The number of para-hydroxylation sites is 5. The summed E-state index contributed by atoms with van der Waals surface area (Å²) in [5.74, 6) is 0. The summed E-state index contributed by atoms with van der Waals surface area (Å²) in [5, 5.41) is 12.0. The highest BCUT2D eigenvalue weighted by molar-refractivity contribution is 6.20. The largest absolute Gasteiger partial charge is 0.455 e. The van der Waals surface area contributed by atoms with E-state index in [1.165, 1.54) is 59.9 Å². The van der Waals surface area contributed by atoms with Gasteiger partial charge >= 0.3 is 0 Å². The highest BCUT2D eigenvalue weighted by Crippen LogP contribution is 2.48. The topological polar surface area (TPSA) is 21.3 Å². The van der Waals surface area contributed by atoms with Crippen LogP contribution < -0.4 is 4.90 Å². The molecule has 0 bridgehead atoms. The second-order valence-electron chi connectivity index (χ2n) is 16.4. The van der Waals surface area contributed by atoms with Crippen molar-refractivity contribution in [3.8, 4) is 27.9 Å². The van der Waals surface area contributed by atoms with Crippen molar-refractivity contribution in [2.75, 3.05) is 4.90 Å². The second-order valence-corrected chi connectivity index (χ2v) is 16.4. The van der Waals surface area contributed by atoms with Crippen LogP contribution in [0.4, 0.5) is 17.1 Å². The lowest BCUT2D eigenvalue weighted by atomic mass is 9.93. The Kier molecular flexibility index (Phi) is 7.91. The number of nitrogens with zero attached hydrogens (tertiary/aromatic N) is 2. The Morgan fingerprint density at radius 2 is 0.937 bits per heavy atom. The highest BCUT2D eigenvalue weighted by Gasteiger charge is 2.24. The van der Waals surface area contributed by atoms with Crippen LogP contribution >= 0.6 is 0 Å². The Morgan fingerprint density at radius 1 is 0.349 bits per heavy atom. The van der Waals surface area contributed by atoms with Crippen LogP contribution in [-0.2, 0) is 0 Å². The molecular formula is C60H38N2O. The number of furan rings is 1. The summed E-state index contributed by atoms with van der Waals surface area (Å²) in [5.41, 5.74) is 13.0. The molecule has 2 aromatic heterocycles. The first-order chi connectivity index (χ1) is 31.3. The van der Waals surface area contributed by atoms with Crippen LogP contribution in [0.3, 0.4) is 0 Å². The lowest BCUT2D eigenvalue weighted by Crippen LogP contribution is -2.14. The number of rotatable bonds is 6. The first-order valence-electron chi connectivity index (χ1n) is 21.6. The number of benzene rings is 11. The second kappa shape index (κ2) is 14.1. The zero-order valence-electron chi connectivity index (χ0n) is 34.2. The maximum Gasteiger partial charge on any atom is 0.143 e. The molecule has 63 heavy (non-hydrogen) atoms. The lowest BCUT2D eigenvalue weighted by molar-refractivity contribution is 0.673. The summed E-state index contributed by atoms with van der Waals surface area (Å²) in [6.07, 6.45) is 0. The van der Waals surface area contributed by atoms with Crippen LogP contribution in [0.5, 0.6) is 0 Å². The van der Waals surface area contributed by atoms with Crippen molar-refractivity contribution >= 4 is 93.1 Å². The molecule has 294 valence electrons. The number of aromatic nitrogens is 1. The predicted octanol–water partition coefficient (Wildman–Crippen LogP) is 16.9. The van der Waals surface area contributed by atoms with Gasteiger partial charge in [0.25, 0.3) is 0 Å². The van der Waals surface area contributed by atoms with Crippen molar-refractivity contribution in [1.82, 2.24) is 4.57 Å². The number of hydrogen-bond donors (Lipinski definition) is 0. The predicted molar refractivity (Wildman–Crippen MR) is 266 cm³/mol. The molecule has 0 fully saturated rings. The average molecular weight is 803 g/mol. The van der Waals surface area contributed by atoms with Gasteiger partial charge in [-0.2, -0.15) is 0 Å². The van der Waals surface area contributed by atoms with Gasteiger partial charge < -0.3 is 13.9 Å². The van der Waals surface area contributed by atoms with Gasteiger partial charge in [-0.1, -0.05) is 170 Å². The minimum absolute atomic E-state index is 0.873. The monoisotopic (exact) mass is 802 g/mol. The third-order valence-corrected chi connectivity index (χ3v) is 13.0. The number of fused-ring (bicyclic) bond motifs is 11. The van der Waals surface area contributed by atoms with Crippen LogP contribution in [-0.4, -0.2) is 4.57 Å². The van der Waals surface area contributed by atoms with E-state index < -0.39 is 0 Å². The van der Waals surface area contributed by atoms with Crippen molar-refractivity contribution < 1.29 is 4.42 Å². The summed E-state index contributed by atoms with van der Waals surface area (Å²) in [6, 6.07) is 83.5. The molecule has 0 aliphatic carbocycles. The third-order valence-electron chi connectivity index (χ3n) is 13.0. The fourth-order valence-corrected chi connectivity index (χ4v) is 10.2. The van der Waals surface area contributed by atoms with E-state index in [2.05, 4.69) is 240 Å². The van der Waals surface area contributed by atoms with Crippen molar-refractivity contribution in [3.63, 3.8) is 0 Å². The lowest BCUT2D eigenvalue weighted by Gasteiger charge is -2.30. The molecule has 11 aromatic carbocycles. The molecule has 0 unspecified atom stereocenters. The van der Waals surface area contributed by atoms with Crippen molar-refractivity contribution in [3.05, 3.63) is 231 Å². The fraction of sp³-hybridized carbons (Fsp3) is 0. The summed E-state index contributed by atoms with van der Waals surface area (Å²) in [7, 11) is 0. The van der Waals surface area contributed by atoms with E-state index in [1.54, 1.807) is 0 Å². The zero-order chi connectivity index (χ0) is 41.4. The zero-order valence-corrected chi connectivity index (χ0v) is 34.2. The van der Waals surface area contributed by atoms with Gasteiger partial charge in [-0.15, -0.1) is 0 Å². The van der Waals surface area contributed by atoms with Gasteiger partial charge in [-0.05, 0) is 104 Å². The molecule has 3 heteroatoms. The van der Waals surface area contributed by atoms with E-state index in [-0.39, 0.29) is 0 Å². The van der Waals surface area contributed by atoms with Crippen molar-refractivity contribution in [2.24, 2.45) is 0 Å². The average Bonchev–Trinajstić information content (AvgIpc) is 3.91. The normalized spacial score (nSPS) is 11.8. The summed E-state index contributed by atoms with van der Waals surface area (Å²) < 4.78 is 9.17. The van der Waals surface area contributed by atoms with Gasteiger partial charge in [0.15, 0.2) is 0 Å². The Bertz CT molecular complexity index is 3870. The molecule has 0 amide bonds. The molecule has 0 saturated heterocycles. The van der Waals surface area contributed by atoms with Crippen LogP contribution in [0.2, 0.25) is 0 Å². The molecule has 13 rings (SSSR count). The number of hydrogen-bond acceptors (Lipinski definition) is 2. The van der Waals surface area contributed by atoms with Gasteiger partial charge in [-0.3, -0.25) is 0 Å². The molecule has 0 radical (unpaired) electrons. The Labute approximate surface area is 363 Å². The SMILES string of the molecule is c1ccc(N(c2ccc(-c3cc4ccccc4c4ccccc34)cc2)c2ccccc2-n2c3ccccc3c3ccccc32)c(-c2cccc3oc4c5ccccc5ccc4c23)c1. The smallest absolute Gasteiger partial charge is 0.143 e. The van der Waals surface area contributed by atoms with Crippen LogP contribution in [0.25, 0.3) is 104 Å². The molecule has 0 N–H and O–H groups in total. The Balaban J connectivity index is 1.07. The van der Waals surface area contributed by atoms with E-state index in [4.69, 9.17) is 4.42 Å². The van der Waals surface area contributed by atoms with Gasteiger partial charge in [-0.25, -0.2) is 0 Å². The molecule has 2 heterocycles. The molecule has 0 saturated carbocycles. The van der Waals surface area contributed by atoms with Crippen LogP contribution in [0.1, 0.15) is 0 Å². The van der Waals surface area contributed by atoms with Gasteiger partial charge in [0, 0.05) is 38.2 Å². The van der Waals surface area contributed by atoms with Crippen LogP contribution in [0, 0.1) is 0 Å². The number of anilines is 3. The quantitative estimate of drug-likeness (QED) is 0.156. The maximum absolute atomic E-state index is 6.74. The van der Waals surface area contributed by atoms with E-state index >= 15 is 0 Å². The first kappa shape index (κ1) is 35.4. The van der Waals surface area contributed by atoms with E-state index in [0.717, 1.165) is 61.2 Å². The van der Waals surface area contributed by atoms with E-state index in [9.17, 15) is 0 Å². The summed E-state index contributed by atoms with van der Waals surface area (Å²) in [4.78, 5) is 2.45. The van der Waals surface area contributed by atoms with E-state index in [1.807, 2.05) is 0 Å². The maximum atomic E-state index is 6.74. The summed E-state index contributed by atoms with van der Waals surface area (Å²) in [6.45, 7) is 0. The van der Waals surface area contributed by atoms with E-state index in [0.29, 0.717) is 0 Å². The van der Waals surface area contributed by atoms with Crippen LogP contribution in [0.15, 0.2) is 235 Å². The van der Waals surface area contributed by atoms with Crippen molar-refractivity contribution in [1.29, 1.82) is 0 Å². The minimum atomic E-state index is 0.873. The Morgan fingerprint density at radius 3 is 1.71 bits per heavy atom. The Hall–Kier alpha value is -8.40. The molecule has 3 nitrogen and oxygen atoms in total. The van der Waals surface area contributed by atoms with Gasteiger partial charge in [0.2, 0.25) is 0 Å². The molecule has 0 aliphatic rings. The van der Waals surface area contributed by atoms with Crippen molar-refractivity contribution in [2.45, 2.75) is 0 Å². The first-order valence-corrected chi connectivity index (χ1v) is 21.6. The standard InChI is InChI=1S/C60H38N2O/c1-4-19-44-39(16-1)34-37-51-59-50(25-15-31-58(59)63-60(44)51)49-24-9-10-26-53(49)61(56-29-13-14-30-57(56)62-54-27-11-7-22-47(54)48-23-8-12-28-55(48)62)42-35-32-40(33-36-42)52-38-41-17-2-3-18-43(41)45-20-5-6-21-46(45)52/h1-38H. The molecule has 0 atom stereocenters. The molecule has 13 aromatic rings. The summed E-state index contributed by atoms with van der Waals surface area (Å²) >= 11 is 0. The van der Waals surface area contributed by atoms with Gasteiger partial charge in [0.05, 0.1) is 28.1 Å². The molecule has 0 spiro atoms. The molecular weight excluding hydrogens is 765 g/mol. The third kappa shape index (κ3) is 5.46. The highest BCUT2D eigenvalue weighted by atomic mass is 16.3. The molecule has 0 aliphatic heterocycles. The van der Waals surface area contributed by atoms with Gasteiger partial charge in [0.1, 0.15) is 11.2 Å². The fourth-order valence-electron chi connectivity index (χ4n) is 10.2.